The average molecular weight is 595 g/mol. The van der Waals surface area contributed by atoms with Gasteiger partial charge in [-0.15, -0.1) is 0 Å². The van der Waals surface area contributed by atoms with E-state index in [9.17, 15) is 19.1 Å². The molecule has 218 valence electrons. The summed E-state index contributed by atoms with van der Waals surface area (Å²) in [5.74, 6) is -1.60. The average Bonchev–Trinajstić information content (AvgIpc) is 2.97. The standard InChI is InChI=1S/C30H28F2N4O5S/c1-3-19(16-37)34-29(39)27-25(40-2)11-9-21-23(12-13-33-28(21)27)41-24-10-8-20(15-22(24)32)35-30(42)36-26(38)14-17-4-6-18(31)7-5-17/h4-13,15,19,37H,3,14,16H2,1-2H3,(H,34,39)(H2,35,36,38,42). The second-order valence-electron chi connectivity index (χ2n) is 9.16. The number of carbonyl (C=O) groups is 2. The zero-order valence-electron chi connectivity index (χ0n) is 22.7. The Bertz CT molecular complexity index is 1610. The van der Waals surface area contributed by atoms with Crippen molar-refractivity contribution in [2.45, 2.75) is 25.8 Å². The molecule has 4 aromatic rings. The number of aromatic nitrogens is 1. The number of thiocarbonyl (C=S) groups is 1. The first kappa shape index (κ1) is 30.3. The Balaban J connectivity index is 1.49. The van der Waals surface area contributed by atoms with Crippen LogP contribution in [0.3, 0.4) is 0 Å². The highest BCUT2D eigenvalue weighted by Crippen LogP contribution is 2.35. The molecule has 1 atom stereocenters. The van der Waals surface area contributed by atoms with Crippen LogP contribution in [-0.4, -0.2) is 46.8 Å². The lowest BCUT2D eigenvalue weighted by molar-refractivity contribution is -0.119. The normalized spacial score (nSPS) is 11.5. The number of nitrogens with one attached hydrogen (secondary N) is 3. The molecule has 1 heterocycles. The van der Waals surface area contributed by atoms with E-state index in [-0.39, 0.29) is 52.2 Å². The van der Waals surface area contributed by atoms with E-state index in [4.69, 9.17) is 21.7 Å². The number of benzene rings is 3. The van der Waals surface area contributed by atoms with E-state index in [1.807, 2.05) is 6.92 Å². The second-order valence-corrected chi connectivity index (χ2v) is 9.57. The Kier molecular flexibility index (Phi) is 9.94. The highest BCUT2D eigenvalue weighted by Gasteiger charge is 2.22. The van der Waals surface area contributed by atoms with Crippen LogP contribution in [-0.2, 0) is 11.2 Å². The van der Waals surface area contributed by atoms with E-state index in [0.29, 0.717) is 17.4 Å². The van der Waals surface area contributed by atoms with E-state index in [1.54, 1.807) is 12.1 Å². The predicted octanol–water partition coefficient (Wildman–Crippen LogP) is 4.87. The number of ether oxygens (including phenoxy) is 2. The number of rotatable bonds is 10. The molecule has 0 saturated carbocycles. The van der Waals surface area contributed by atoms with Gasteiger partial charge in [-0.05, 0) is 66.7 Å². The first-order valence-electron chi connectivity index (χ1n) is 12.9. The van der Waals surface area contributed by atoms with Gasteiger partial charge in [-0.3, -0.25) is 14.6 Å². The summed E-state index contributed by atoms with van der Waals surface area (Å²) in [5, 5.41) is 17.9. The number of hydrogen-bond donors (Lipinski definition) is 4. The van der Waals surface area contributed by atoms with Crippen molar-refractivity contribution in [3.05, 3.63) is 89.6 Å². The molecular weight excluding hydrogens is 566 g/mol. The lowest BCUT2D eigenvalue weighted by atomic mass is 10.1. The maximum absolute atomic E-state index is 15.1. The highest BCUT2D eigenvalue weighted by molar-refractivity contribution is 7.80. The van der Waals surface area contributed by atoms with Gasteiger partial charge in [-0.1, -0.05) is 19.1 Å². The molecule has 2 amide bonds. The van der Waals surface area contributed by atoms with Crippen LogP contribution < -0.4 is 25.4 Å². The number of hydrogen-bond acceptors (Lipinski definition) is 7. The molecule has 1 aromatic heterocycles. The number of fused-ring (bicyclic) bond motifs is 1. The van der Waals surface area contributed by atoms with Gasteiger partial charge in [0.05, 0.1) is 31.7 Å². The van der Waals surface area contributed by atoms with Crippen LogP contribution in [0.5, 0.6) is 17.2 Å². The smallest absolute Gasteiger partial charge is 0.257 e. The summed E-state index contributed by atoms with van der Waals surface area (Å²) in [6.07, 6.45) is 1.94. The third kappa shape index (κ3) is 7.33. The largest absolute Gasteiger partial charge is 0.496 e. The van der Waals surface area contributed by atoms with Gasteiger partial charge in [0.2, 0.25) is 5.91 Å². The molecule has 0 fully saturated rings. The zero-order valence-corrected chi connectivity index (χ0v) is 23.6. The molecule has 0 aliphatic heterocycles. The first-order valence-corrected chi connectivity index (χ1v) is 13.3. The summed E-state index contributed by atoms with van der Waals surface area (Å²) >= 11 is 5.16. The van der Waals surface area contributed by atoms with Gasteiger partial charge in [-0.2, -0.15) is 0 Å². The fraction of sp³-hybridized carbons (Fsp3) is 0.200. The van der Waals surface area contributed by atoms with Crippen LogP contribution in [0.2, 0.25) is 0 Å². The quantitative estimate of drug-likeness (QED) is 0.192. The Morgan fingerprint density at radius 2 is 1.76 bits per heavy atom. The fourth-order valence-electron chi connectivity index (χ4n) is 4.09. The number of carbonyl (C=O) groups excluding carboxylic acids is 2. The van der Waals surface area contributed by atoms with Crippen LogP contribution in [0.15, 0.2) is 66.9 Å². The molecular formula is C30H28F2N4O5S. The molecule has 4 rings (SSSR count). The maximum Gasteiger partial charge on any atom is 0.257 e. The van der Waals surface area contributed by atoms with Crippen molar-refractivity contribution in [1.82, 2.24) is 15.6 Å². The lowest BCUT2D eigenvalue weighted by Gasteiger charge is -2.17. The minimum Gasteiger partial charge on any atom is -0.496 e. The van der Waals surface area contributed by atoms with Crippen molar-refractivity contribution in [1.29, 1.82) is 0 Å². The van der Waals surface area contributed by atoms with Gasteiger partial charge in [0.25, 0.3) is 5.91 Å². The van der Waals surface area contributed by atoms with E-state index >= 15 is 4.39 Å². The molecule has 0 saturated heterocycles. The summed E-state index contributed by atoms with van der Waals surface area (Å²) in [7, 11) is 1.43. The van der Waals surface area contributed by atoms with E-state index in [1.165, 1.54) is 55.8 Å². The van der Waals surface area contributed by atoms with Gasteiger partial charge in [0.1, 0.15) is 22.9 Å². The van der Waals surface area contributed by atoms with Crippen molar-refractivity contribution < 1.29 is 33.0 Å². The zero-order chi connectivity index (χ0) is 30.2. The van der Waals surface area contributed by atoms with Crippen LogP contribution in [0.1, 0.15) is 29.3 Å². The van der Waals surface area contributed by atoms with Crippen LogP contribution in [0.4, 0.5) is 14.5 Å². The van der Waals surface area contributed by atoms with Crippen molar-refractivity contribution in [2.75, 3.05) is 19.0 Å². The van der Waals surface area contributed by atoms with E-state index in [0.717, 1.165) is 6.07 Å². The van der Waals surface area contributed by atoms with Gasteiger partial charge >= 0.3 is 0 Å². The number of aliphatic hydroxyl groups is 1. The lowest BCUT2D eigenvalue weighted by Crippen LogP contribution is -2.37. The van der Waals surface area contributed by atoms with Crippen molar-refractivity contribution in [3.63, 3.8) is 0 Å². The Hall–Kier alpha value is -4.68. The SMILES string of the molecule is CCC(CO)NC(=O)c1c(OC)ccc2c(Oc3ccc(NC(=S)NC(=O)Cc4ccc(F)cc4)cc3F)ccnc12. The predicted molar refractivity (Wildman–Crippen MR) is 158 cm³/mol. The van der Waals surface area contributed by atoms with Crippen LogP contribution in [0, 0.1) is 11.6 Å². The van der Waals surface area contributed by atoms with E-state index < -0.39 is 29.5 Å². The molecule has 1 unspecified atom stereocenters. The van der Waals surface area contributed by atoms with Crippen molar-refractivity contribution >= 4 is 45.7 Å². The van der Waals surface area contributed by atoms with Gasteiger partial charge < -0.3 is 30.5 Å². The highest BCUT2D eigenvalue weighted by atomic mass is 32.1. The number of pyridine rings is 1. The molecule has 0 bridgehead atoms. The molecule has 0 aliphatic rings. The molecule has 4 N–H and O–H groups in total. The molecule has 42 heavy (non-hydrogen) atoms. The molecule has 0 aliphatic carbocycles. The number of nitrogens with zero attached hydrogens (tertiary/aromatic N) is 1. The number of halogens is 2. The van der Waals surface area contributed by atoms with Gasteiger partial charge in [-0.25, -0.2) is 8.78 Å². The monoisotopic (exact) mass is 594 g/mol. The van der Waals surface area contributed by atoms with Crippen LogP contribution in [0.25, 0.3) is 10.9 Å². The molecule has 3 aromatic carbocycles. The number of amides is 2. The molecule has 0 radical (unpaired) electrons. The van der Waals surface area contributed by atoms with Gasteiger partial charge in [0, 0.05) is 23.3 Å². The molecule has 0 spiro atoms. The summed E-state index contributed by atoms with van der Waals surface area (Å²) < 4.78 is 39.4. The minimum atomic E-state index is -0.717. The van der Waals surface area contributed by atoms with Crippen molar-refractivity contribution in [2.24, 2.45) is 0 Å². The third-order valence-corrected chi connectivity index (χ3v) is 6.47. The van der Waals surface area contributed by atoms with Crippen molar-refractivity contribution in [3.8, 4) is 17.2 Å². The summed E-state index contributed by atoms with van der Waals surface area (Å²) in [6, 6.07) is 13.9. The molecule has 12 heteroatoms. The first-order chi connectivity index (χ1) is 20.2. The summed E-state index contributed by atoms with van der Waals surface area (Å²) in [5.41, 5.74) is 1.30. The Labute approximate surface area is 245 Å². The minimum absolute atomic E-state index is 0.0149. The Morgan fingerprint density at radius 3 is 2.43 bits per heavy atom. The number of anilines is 1. The number of methoxy groups -OCH3 is 1. The Morgan fingerprint density at radius 1 is 1.02 bits per heavy atom. The maximum atomic E-state index is 15.1. The number of aliphatic hydroxyl groups excluding tert-OH is 1. The second kappa shape index (κ2) is 13.8. The summed E-state index contributed by atoms with van der Waals surface area (Å²) in [4.78, 5) is 29.7. The van der Waals surface area contributed by atoms with Gasteiger partial charge in [0.15, 0.2) is 16.7 Å². The third-order valence-electron chi connectivity index (χ3n) is 6.27. The summed E-state index contributed by atoms with van der Waals surface area (Å²) in [6.45, 7) is 1.61. The topological polar surface area (TPSA) is 122 Å². The fourth-order valence-corrected chi connectivity index (χ4v) is 4.32. The molecule has 9 nitrogen and oxygen atoms in total. The van der Waals surface area contributed by atoms with Crippen LogP contribution >= 0.6 is 12.2 Å². The van der Waals surface area contributed by atoms with E-state index in [2.05, 4.69) is 20.9 Å².